The third-order valence-corrected chi connectivity index (χ3v) is 3.99. The molecule has 0 bridgehead atoms. The van der Waals surface area contributed by atoms with Crippen LogP contribution in [0.3, 0.4) is 0 Å². The maximum absolute atomic E-state index is 13.4. The van der Waals surface area contributed by atoms with Crippen LogP contribution in [0.4, 0.5) is 17.6 Å². The normalized spacial score (nSPS) is 16.0. The first kappa shape index (κ1) is 18.0. The van der Waals surface area contributed by atoms with Gasteiger partial charge in [-0.15, -0.1) is 0 Å². The Morgan fingerprint density at radius 3 is 2.73 bits per heavy atom. The van der Waals surface area contributed by atoms with Gasteiger partial charge >= 0.3 is 6.18 Å². The largest absolute Gasteiger partial charge is 0.497 e. The molecule has 1 aliphatic heterocycles. The van der Waals surface area contributed by atoms with Crippen molar-refractivity contribution >= 4 is 5.91 Å². The van der Waals surface area contributed by atoms with Gasteiger partial charge in [-0.3, -0.25) is 4.79 Å². The van der Waals surface area contributed by atoms with Gasteiger partial charge in [0.25, 0.3) is 5.91 Å². The van der Waals surface area contributed by atoms with Gasteiger partial charge in [0, 0.05) is 17.5 Å². The number of ether oxygens (including phenoxy) is 2. The van der Waals surface area contributed by atoms with E-state index >= 15 is 0 Å². The molecule has 0 aromatic heterocycles. The molecule has 0 fully saturated rings. The van der Waals surface area contributed by atoms with E-state index in [9.17, 15) is 22.4 Å². The fourth-order valence-corrected chi connectivity index (χ4v) is 2.73. The summed E-state index contributed by atoms with van der Waals surface area (Å²) < 4.78 is 62.4. The maximum atomic E-state index is 13.4. The zero-order chi connectivity index (χ0) is 18.9. The van der Waals surface area contributed by atoms with Gasteiger partial charge in [-0.25, -0.2) is 4.39 Å². The highest BCUT2D eigenvalue weighted by molar-refractivity contribution is 5.94. The molecule has 0 spiro atoms. The predicted molar refractivity (Wildman–Crippen MR) is 84.8 cm³/mol. The van der Waals surface area contributed by atoms with Crippen LogP contribution in [-0.4, -0.2) is 25.7 Å². The number of nitrogens with one attached hydrogen (secondary N) is 1. The summed E-state index contributed by atoms with van der Waals surface area (Å²) in [5, 5.41) is 2.48. The molecule has 0 radical (unpaired) electrons. The van der Waals surface area contributed by atoms with Gasteiger partial charge < -0.3 is 14.8 Å². The number of rotatable bonds is 4. The molecule has 1 heterocycles. The zero-order valence-corrected chi connectivity index (χ0v) is 13.7. The van der Waals surface area contributed by atoms with Crippen LogP contribution in [0.1, 0.15) is 21.5 Å². The second kappa shape index (κ2) is 6.86. The summed E-state index contributed by atoms with van der Waals surface area (Å²) >= 11 is 0. The number of hydrogen-bond donors (Lipinski definition) is 1. The van der Waals surface area contributed by atoms with E-state index in [4.69, 9.17) is 9.47 Å². The Labute approximate surface area is 146 Å². The third kappa shape index (κ3) is 3.89. The molecule has 3 rings (SSSR count). The van der Waals surface area contributed by atoms with Crippen LogP contribution in [-0.2, 0) is 12.6 Å². The smallest absolute Gasteiger partial charge is 0.416 e. The van der Waals surface area contributed by atoms with Crippen LogP contribution in [0.25, 0.3) is 0 Å². The first-order chi connectivity index (χ1) is 12.3. The van der Waals surface area contributed by atoms with Crippen molar-refractivity contribution in [2.75, 3.05) is 13.7 Å². The fraction of sp³-hybridized carbons (Fsp3) is 0.278. The van der Waals surface area contributed by atoms with Crippen LogP contribution >= 0.6 is 0 Å². The van der Waals surface area contributed by atoms with E-state index in [-0.39, 0.29) is 12.6 Å². The number of hydrogen-bond acceptors (Lipinski definition) is 3. The number of carbonyl (C=O) groups is 1. The molecule has 1 N–H and O–H groups in total. The summed E-state index contributed by atoms with van der Waals surface area (Å²) in [5.41, 5.74) is -0.692. The van der Waals surface area contributed by atoms with E-state index in [0.717, 1.165) is 11.6 Å². The second-order valence-electron chi connectivity index (χ2n) is 5.85. The van der Waals surface area contributed by atoms with Crippen LogP contribution in [0, 0.1) is 5.82 Å². The number of amides is 1. The standard InChI is InChI=1S/C18H15F4NO3/c1-25-14-2-3-16-10(6-14)7-15(26-16)9-23-17(24)11-4-12(18(20,21)22)8-13(19)5-11/h2-6,8,15H,7,9H2,1H3,(H,23,24). The highest BCUT2D eigenvalue weighted by Crippen LogP contribution is 2.32. The number of carbonyl (C=O) groups excluding carboxylic acids is 1. The lowest BCUT2D eigenvalue weighted by Crippen LogP contribution is -2.34. The Morgan fingerprint density at radius 2 is 2.04 bits per heavy atom. The minimum absolute atomic E-state index is 0.0771. The Kier molecular flexibility index (Phi) is 4.76. The van der Waals surface area contributed by atoms with Crippen molar-refractivity contribution in [1.29, 1.82) is 0 Å². The summed E-state index contributed by atoms with van der Waals surface area (Å²) in [4.78, 5) is 12.1. The van der Waals surface area contributed by atoms with Gasteiger partial charge in [0.2, 0.25) is 0 Å². The van der Waals surface area contributed by atoms with E-state index in [1.165, 1.54) is 0 Å². The molecular weight excluding hydrogens is 354 g/mol. The van der Waals surface area contributed by atoms with Gasteiger partial charge in [0.15, 0.2) is 0 Å². The van der Waals surface area contributed by atoms with Gasteiger partial charge in [0.05, 0.1) is 19.2 Å². The van der Waals surface area contributed by atoms with Crippen molar-refractivity contribution < 1.29 is 31.8 Å². The van der Waals surface area contributed by atoms with E-state index in [1.54, 1.807) is 19.2 Å². The van der Waals surface area contributed by atoms with Crippen molar-refractivity contribution in [1.82, 2.24) is 5.32 Å². The van der Waals surface area contributed by atoms with Gasteiger partial charge in [-0.2, -0.15) is 13.2 Å². The Bertz CT molecular complexity index is 836. The zero-order valence-electron chi connectivity index (χ0n) is 13.7. The monoisotopic (exact) mass is 369 g/mol. The minimum Gasteiger partial charge on any atom is -0.497 e. The molecule has 0 saturated heterocycles. The lowest BCUT2D eigenvalue weighted by atomic mass is 10.1. The average molecular weight is 369 g/mol. The summed E-state index contributed by atoms with van der Waals surface area (Å²) in [6.07, 6.45) is -4.58. The first-order valence-electron chi connectivity index (χ1n) is 7.76. The highest BCUT2D eigenvalue weighted by Gasteiger charge is 2.32. The van der Waals surface area contributed by atoms with E-state index in [0.29, 0.717) is 30.1 Å². The number of fused-ring (bicyclic) bond motifs is 1. The first-order valence-corrected chi connectivity index (χ1v) is 7.76. The molecule has 138 valence electrons. The number of methoxy groups -OCH3 is 1. The van der Waals surface area contributed by atoms with Crippen molar-refractivity contribution in [3.05, 3.63) is 58.9 Å². The Balaban J connectivity index is 1.64. The van der Waals surface area contributed by atoms with E-state index in [2.05, 4.69) is 5.32 Å². The maximum Gasteiger partial charge on any atom is 0.416 e. The van der Waals surface area contributed by atoms with E-state index < -0.39 is 29.0 Å². The third-order valence-electron chi connectivity index (χ3n) is 3.99. The summed E-state index contributed by atoms with van der Waals surface area (Å²) in [7, 11) is 1.55. The van der Waals surface area contributed by atoms with Crippen molar-refractivity contribution in [3.8, 4) is 11.5 Å². The van der Waals surface area contributed by atoms with E-state index in [1.807, 2.05) is 6.07 Å². The lowest BCUT2D eigenvalue weighted by Gasteiger charge is -2.13. The summed E-state index contributed by atoms with van der Waals surface area (Å²) in [6, 6.07) is 7.04. The Morgan fingerprint density at radius 1 is 1.27 bits per heavy atom. The van der Waals surface area contributed by atoms with Crippen molar-refractivity contribution in [2.24, 2.45) is 0 Å². The fourth-order valence-electron chi connectivity index (χ4n) is 2.73. The second-order valence-corrected chi connectivity index (χ2v) is 5.85. The lowest BCUT2D eigenvalue weighted by molar-refractivity contribution is -0.137. The molecule has 0 saturated carbocycles. The van der Waals surface area contributed by atoms with Crippen LogP contribution in [0.5, 0.6) is 11.5 Å². The van der Waals surface area contributed by atoms with Gasteiger partial charge in [-0.05, 0) is 36.4 Å². The van der Waals surface area contributed by atoms with Crippen molar-refractivity contribution in [2.45, 2.75) is 18.7 Å². The summed E-state index contributed by atoms with van der Waals surface area (Å²) in [5.74, 6) is -0.583. The van der Waals surface area contributed by atoms with Crippen LogP contribution < -0.4 is 14.8 Å². The van der Waals surface area contributed by atoms with Gasteiger partial charge in [0.1, 0.15) is 23.4 Å². The quantitative estimate of drug-likeness (QED) is 0.838. The van der Waals surface area contributed by atoms with Gasteiger partial charge in [-0.1, -0.05) is 0 Å². The minimum atomic E-state index is -4.73. The number of alkyl halides is 3. The molecule has 1 unspecified atom stereocenters. The molecule has 1 aliphatic rings. The molecule has 4 nitrogen and oxygen atoms in total. The van der Waals surface area contributed by atoms with Crippen LogP contribution in [0.2, 0.25) is 0 Å². The number of benzene rings is 2. The summed E-state index contributed by atoms with van der Waals surface area (Å²) in [6.45, 7) is 0.0771. The number of halogens is 4. The molecule has 8 heteroatoms. The van der Waals surface area contributed by atoms with Crippen molar-refractivity contribution in [3.63, 3.8) is 0 Å². The predicted octanol–water partition coefficient (Wildman–Crippen LogP) is 3.59. The molecule has 1 amide bonds. The molecule has 2 aromatic carbocycles. The average Bonchev–Trinajstić information content (AvgIpc) is 3.00. The SMILES string of the molecule is COc1ccc2c(c1)CC(CNC(=O)c1cc(F)cc(C(F)(F)F)c1)O2. The molecule has 1 atom stereocenters. The molecular formula is C18H15F4NO3. The molecule has 0 aliphatic carbocycles. The van der Waals surface area contributed by atoms with Crippen LogP contribution in [0.15, 0.2) is 36.4 Å². The topological polar surface area (TPSA) is 47.6 Å². The Hall–Kier alpha value is -2.77. The molecule has 26 heavy (non-hydrogen) atoms. The molecule has 2 aromatic rings. The highest BCUT2D eigenvalue weighted by atomic mass is 19.4.